The van der Waals surface area contributed by atoms with Crippen molar-refractivity contribution in [3.8, 4) is 0 Å². The largest absolute Gasteiger partial charge is 0.300 e. The van der Waals surface area contributed by atoms with Gasteiger partial charge in [-0.2, -0.15) is 0 Å². The Bertz CT molecular complexity index is 289. The highest BCUT2D eigenvalue weighted by atomic mass is 16.1. The molecule has 1 nitrogen and oxygen atoms in total. The van der Waals surface area contributed by atoms with Gasteiger partial charge in [-0.3, -0.25) is 4.79 Å². The minimum Gasteiger partial charge on any atom is -0.300 e. The number of carbonyl (C=O) groups is 1. The third-order valence-corrected chi connectivity index (χ3v) is 2.54. The van der Waals surface area contributed by atoms with Crippen molar-refractivity contribution >= 4 is 5.78 Å². The zero-order chi connectivity index (χ0) is 8.55. The molecular weight excluding hydrogens is 148 g/mol. The Labute approximate surface area is 72.4 Å². The maximum atomic E-state index is 11.0. The highest BCUT2D eigenvalue weighted by molar-refractivity contribution is 5.82. The summed E-state index contributed by atoms with van der Waals surface area (Å²) in [5.41, 5.74) is 1.32. The molecule has 1 saturated carbocycles. The van der Waals surface area contributed by atoms with Crippen LogP contribution < -0.4 is 0 Å². The van der Waals surface area contributed by atoms with Gasteiger partial charge in [-0.25, -0.2) is 0 Å². The maximum Gasteiger partial charge on any atom is 0.133 e. The number of Topliss-reactive ketones (excluding diaryl/α,β-unsaturated/α-hetero) is 1. The summed E-state index contributed by atoms with van der Waals surface area (Å²) in [6.45, 7) is 1.69. The molecule has 1 fully saturated rings. The lowest BCUT2D eigenvalue weighted by molar-refractivity contribution is -0.118. The summed E-state index contributed by atoms with van der Waals surface area (Å²) < 4.78 is 0. The molecule has 2 rings (SSSR count). The van der Waals surface area contributed by atoms with Gasteiger partial charge in [-0.05, 0) is 24.8 Å². The van der Waals surface area contributed by atoms with Crippen molar-refractivity contribution in [2.75, 3.05) is 0 Å². The van der Waals surface area contributed by atoms with Gasteiger partial charge in [0, 0.05) is 5.92 Å². The van der Waals surface area contributed by atoms with Gasteiger partial charge in [-0.15, -0.1) is 0 Å². The van der Waals surface area contributed by atoms with Crippen LogP contribution in [0.2, 0.25) is 0 Å². The first-order chi connectivity index (χ1) is 5.79. The normalized spacial score (nSPS) is 26.8. The third-order valence-electron chi connectivity index (χ3n) is 2.54. The third kappa shape index (κ3) is 1.27. The summed E-state index contributed by atoms with van der Waals surface area (Å²) in [7, 11) is 0. The van der Waals surface area contributed by atoms with Crippen molar-refractivity contribution in [1.29, 1.82) is 0 Å². The van der Waals surface area contributed by atoms with Gasteiger partial charge in [-0.1, -0.05) is 30.3 Å². The van der Waals surface area contributed by atoms with Crippen molar-refractivity contribution in [2.45, 2.75) is 19.3 Å². The van der Waals surface area contributed by atoms with Gasteiger partial charge in [0.15, 0.2) is 0 Å². The van der Waals surface area contributed by atoms with Crippen molar-refractivity contribution in [1.82, 2.24) is 0 Å². The summed E-state index contributed by atoms with van der Waals surface area (Å²) in [5, 5.41) is 0. The fraction of sp³-hybridized carbons (Fsp3) is 0.364. The first kappa shape index (κ1) is 7.53. The fourth-order valence-electron chi connectivity index (χ4n) is 1.71. The van der Waals surface area contributed by atoms with E-state index in [0.717, 1.165) is 6.42 Å². The van der Waals surface area contributed by atoms with E-state index in [-0.39, 0.29) is 0 Å². The molecule has 0 bridgehead atoms. The highest BCUT2D eigenvalue weighted by Gasteiger charge is 2.41. The molecule has 1 aromatic rings. The second kappa shape index (κ2) is 2.74. The molecule has 0 saturated heterocycles. The molecule has 0 aliphatic heterocycles. The van der Waals surface area contributed by atoms with Crippen LogP contribution in [-0.4, -0.2) is 5.78 Å². The summed E-state index contributed by atoms with van der Waals surface area (Å²) in [6, 6.07) is 10.3. The number of rotatable bonds is 2. The van der Waals surface area contributed by atoms with Crippen LogP contribution in [0.3, 0.4) is 0 Å². The van der Waals surface area contributed by atoms with Gasteiger partial charge in [0.05, 0.1) is 0 Å². The molecule has 62 valence electrons. The van der Waals surface area contributed by atoms with Crippen LogP contribution in [0.1, 0.15) is 24.8 Å². The molecule has 0 amide bonds. The molecule has 1 heteroatoms. The molecule has 0 radical (unpaired) electrons. The average Bonchev–Trinajstić information content (AvgIpc) is 2.84. The van der Waals surface area contributed by atoms with E-state index in [1.165, 1.54) is 5.56 Å². The van der Waals surface area contributed by atoms with Crippen molar-refractivity contribution in [2.24, 2.45) is 5.92 Å². The van der Waals surface area contributed by atoms with Crippen molar-refractivity contribution in [3.63, 3.8) is 0 Å². The summed E-state index contributed by atoms with van der Waals surface area (Å²) in [6.07, 6.45) is 1.05. The summed E-state index contributed by atoms with van der Waals surface area (Å²) in [5.74, 6) is 1.17. The van der Waals surface area contributed by atoms with Crippen molar-refractivity contribution < 1.29 is 4.79 Å². The Kier molecular flexibility index (Phi) is 1.72. The average molecular weight is 160 g/mol. The van der Waals surface area contributed by atoms with Gasteiger partial charge in [0.2, 0.25) is 0 Å². The zero-order valence-electron chi connectivity index (χ0n) is 7.16. The van der Waals surface area contributed by atoms with E-state index in [0.29, 0.717) is 17.6 Å². The first-order valence-corrected chi connectivity index (χ1v) is 4.34. The number of carbonyl (C=O) groups excluding carboxylic acids is 1. The lowest BCUT2D eigenvalue weighted by Gasteiger charge is -1.96. The van der Waals surface area contributed by atoms with E-state index < -0.39 is 0 Å². The van der Waals surface area contributed by atoms with Crippen LogP contribution in [0.4, 0.5) is 0 Å². The second-order valence-electron chi connectivity index (χ2n) is 3.47. The lowest BCUT2D eigenvalue weighted by atomic mass is 10.1. The van der Waals surface area contributed by atoms with Crippen LogP contribution in [0, 0.1) is 5.92 Å². The van der Waals surface area contributed by atoms with Crippen LogP contribution in [-0.2, 0) is 4.79 Å². The maximum absolute atomic E-state index is 11.0. The summed E-state index contributed by atoms with van der Waals surface area (Å²) >= 11 is 0. The molecular formula is C11H12O. The molecule has 0 heterocycles. The number of ketones is 1. The topological polar surface area (TPSA) is 17.1 Å². The second-order valence-corrected chi connectivity index (χ2v) is 3.47. The smallest absolute Gasteiger partial charge is 0.133 e. The molecule has 0 aromatic heterocycles. The van der Waals surface area contributed by atoms with Crippen LogP contribution >= 0.6 is 0 Å². The number of benzene rings is 1. The lowest BCUT2D eigenvalue weighted by Crippen LogP contribution is -1.94. The standard InChI is InChI=1S/C11H12O/c1-8(12)10-7-11(10)9-5-3-2-4-6-9/h2-6,10-11H,7H2,1H3/t10?,11-/m0/s1. The molecule has 0 N–H and O–H groups in total. The van der Waals surface area contributed by atoms with Gasteiger partial charge in [0.1, 0.15) is 5.78 Å². The van der Waals surface area contributed by atoms with E-state index in [9.17, 15) is 4.79 Å². The Morgan fingerprint density at radius 2 is 2.00 bits per heavy atom. The predicted molar refractivity (Wildman–Crippen MR) is 48.0 cm³/mol. The van der Waals surface area contributed by atoms with Gasteiger partial charge < -0.3 is 0 Å². The number of hydrogen-bond acceptors (Lipinski definition) is 1. The fourth-order valence-corrected chi connectivity index (χ4v) is 1.71. The zero-order valence-corrected chi connectivity index (χ0v) is 7.16. The Hall–Kier alpha value is -1.11. The van der Waals surface area contributed by atoms with Gasteiger partial charge >= 0.3 is 0 Å². The molecule has 1 aromatic carbocycles. The van der Waals surface area contributed by atoms with Crippen molar-refractivity contribution in [3.05, 3.63) is 35.9 Å². The van der Waals surface area contributed by atoms with Crippen LogP contribution in [0.25, 0.3) is 0 Å². The molecule has 12 heavy (non-hydrogen) atoms. The highest BCUT2D eigenvalue weighted by Crippen LogP contribution is 2.47. The van der Waals surface area contributed by atoms with E-state index in [1.807, 2.05) is 18.2 Å². The van der Waals surface area contributed by atoms with Gasteiger partial charge in [0.25, 0.3) is 0 Å². The van der Waals surface area contributed by atoms with E-state index in [2.05, 4.69) is 12.1 Å². The molecule has 2 atom stereocenters. The van der Waals surface area contributed by atoms with E-state index in [4.69, 9.17) is 0 Å². The quantitative estimate of drug-likeness (QED) is 0.649. The van der Waals surface area contributed by atoms with Crippen LogP contribution in [0.15, 0.2) is 30.3 Å². The minimum absolute atomic E-state index is 0.312. The van der Waals surface area contributed by atoms with Crippen LogP contribution in [0.5, 0.6) is 0 Å². The molecule has 1 aliphatic carbocycles. The minimum atomic E-state index is 0.312. The summed E-state index contributed by atoms with van der Waals surface area (Å²) in [4.78, 5) is 11.0. The van der Waals surface area contributed by atoms with E-state index in [1.54, 1.807) is 6.92 Å². The Morgan fingerprint density at radius 1 is 1.33 bits per heavy atom. The molecule has 1 unspecified atom stereocenters. The Morgan fingerprint density at radius 3 is 2.50 bits per heavy atom. The molecule has 1 aliphatic rings. The predicted octanol–water partition coefficient (Wildman–Crippen LogP) is 2.38. The number of hydrogen-bond donors (Lipinski definition) is 0. The first-order valence-electron chi connectivity index (χ1n) is 4.34. The van der Waals surface area contributed by atoms with E-state index >= 15 is 0 Å². The monoisotopic (exact) mass is 160 g/mol. The molecule has 0 spiro atoms. The Balaban J connectivity index is 2.11. The SMILES string of the molecule is CC(=O)C1C[C@H]1c1ccccc1.